The van der Waals surface area contributed by atoms with Crippen molar-refractivity contribution >= 4 is 22.2 Å². The summed E-state index contributed by atoms with van der Waals surface area (Å²) in [5.41, 5.74) is 0.567. The Morgan fingerprint density at radius 1 is 1.45 bits per heavy atom. The molecular weight excluding hydrogens is 284 g/mol. The van der Waals surface area contributed by atoms with Gasteiger partial charge in [0.2, 0.25) is 0 Å². The van der Waals surface area contributed by atoms with E-state index >= 15 is 0 Å². The monoisotopic (exact) mass is 296 g/mol. The fraction of sp³-hybridized carbons (Fsp3) is 0.273. The number of nitrogens with one attached hydrogen (secondary N) is 1. The normalized spacial score (nSPS) is 10.1. The standard InChI is InChI=1S/C11H12N4O4S/c1-12-11-8(13-14-20-11)6-19-10-5-7(15(16)17)3-4-9(10)18-2/h3-5,12H,6H2,1-2H3. The molecule has 0 fully saturated rings. The van der Waals surface area contributed by atoms with E-state index in [1.165, 1.54) is 36.8 Å². The van der Waals surface area contributed by atoms with Crippen LogP contribution < -0.4 is 14.8 Å². The van der Waals surface area contributed by atoms with Crippen LogP contribution in [-0.4, -0.2) is 28.7 Å². The van der Waals surface area contributed by atoms with Gasteiger partial charge in [0.15, 0.2) is 11.5 Å². The predicted molar refractivity (Wildman–Crippen MR) is 73.4 cm³/mol. The van der Waals surface area contributed by atoms with E-state index in [4.69, 9.17) is 9.47 Å². The highest BCUT2D eigenvalue weighted by Crippen LogP contribution is 2.32. The molecule has 8 nitrogen and oxygen atoms in total. The van der Waals surface area contributed by atoms with Gasteiger partial charge in [-0.1, -0.05) is 4.49 Å². The third-order valence-corrected chi connectivity index (χ3v) is 3.29. The zero-order valence-corrected chi connectivity index (χ0v) is 11.6. The van der Waals surface area contributed by atoms with Crippen molar-refractivity contribution in [3.63, 3.8) is 0 Å². The largest absolute Gasteiger partial charge is 0.493 e. The van der Waals surface area contributed by atoms with Gasteiger partial charge in [-0.2, -0.15) is 0 Å². The number of anilines is 1. The number of ether oxygens (including phenoxy) is 2. The molecule has 1 aromatic carbocycles. The topological polar surface area (TPSA) is 99.4 Å². The van der Waals surface area contributed by atoms with Gasteiger partial charge >= 0.3 is 0 Å². The van der Waals surface area contributed by atoms with Crippen LogP contribution in [0.5, 0.6) is 11.5 Å². The number of rotatable bonds is 6. The number of methoxy groups -OCH3 is 1. The summed E-state index contributed by atoms with van der Waals surface area (Å²) in [5, 5.41) is 18.4. The van der Waals surface area contributed by atoms with Gasteiger partial charge in [0.05, 0.1) is 18.1 Å². The van der Waals surface area contributed by atoms with E-state index in [0.717, 1.165) is 5.00 Å². The Bertz CT molecular complexity index is 616. The molecule has 0 unspecified atom stereocenters. The number of hydrogen-bond acceptors (Lipinski definition) is 8. The lowest BCUT2D eigenvalue weighted by Gasteiger charge is -2.09. The van der Waals surface area contributed by atoms with Gasteiger partial charge in [-0.3, -0.25) is 10.1 Å². The number of aromatic nitrogens is 2. The Labute approximate surface area is 118 Å². The summed E-state index contributed by atoms with van der Waals surface area (Å²) in [4.78, 5) is 10.3. The second-order valence-electron chi connectivity index (χ2n) is 3.68. The van der Waals surface area contributed by atoms with Gasteiger partial charge in [-0.15, -0.1) is 5.10 Å². The predicted octanol–water partition coefficient (Wildman–Crippen LogP) is 2.08. The molecule has 1 N–H and O–H groups in total. The van der Waals surface area contributed by atoms with E-state index in [1.807, 2.05) is 0 Å². The molecule has 0 atom stereocenters. The van der Waals surface area contributed by atoms with Gasteiger partial charge in [0.1, 0.15) is 17.3 Å². The third-order valence-electron chi connectivity index (χ3n) is 2.51. The molecular formula is C11H12N4O4S. The van der Waals surface area contributed by atoms with Crippen molar-refractivity contribution < 1.29 is 14.4 Å². The van der Waals surface area contributed by atoms with Crippen LogP contribution in [0.1, 0.15) is 5.69 Å². The maximum absolute atomic E-state index is 10.8. The molecule has 0 amide bonds. The SMILES string of the molecule is CNc1snnc1COc1cc([N+](=O)[O-])ccc1OC. The molecule has 0 bridgehead atoms. The lowest BCUT2D eigenvalue weighted by Crippen LogP contribution is -2.01. The molecule has 0 spiro atoms. The molecule has 0 aliphatic rings. The zero-order valence-electron chi connectivity index (χ0n) is 10.8. The minimum absolute atomic E-state index is 0.0638. The van der Waals surface area contributed by atoms with Crippen molar-refractivity contribution in [1.29, 1.82) is 0 Å². The number of non-ortho nitro benzene ring substituents is 1. The van der Waals surface area contributed by atoms with Crippen LogP contribution in [0.25, 0.3) is 0 Å². The van der Waals surface area contributed by atoms with Gasteiger partial charge < -0.3 is 14.8 Å². The molecule has 2 aromatic rings. The van der Waals surface area contributed by atoms with E-state index in [-0.39, 0.29) is 18.0 Å². The van der Waals surface area contributed by atoms with Crippen molar-refractivity contribution in [2.24, 2.45) is 0 Å². The Hall–Kier alpha value is -2.42. The number of nitro groups is 1. The quantitative estimate of drug-likeness (QED) is 0.643. The molecule has 0 radical (unpaired) electrons. The maximum Gasteiger partial charge on any atom is 0.273 e. The maximum atomic E-state index is 10.8. The van der Waals surface area contributed by atoms with Crippen molar-refractivity contribution in [1.82, 2.24) is 9.59 Å². The van der Waals surface area contributed by atoms with E-state index < -0.39 is 4.92 Å². The highest BCUT2D eigenvalue weighted by Gasteiger charge is 2.14. The summed E-state index contributed by atoms with van der Waals surface area (Å²) < 4.78 is 14.5. The summed E-state index contributed by atoms with van der Waals surface area (Å²) in [6, 6.07) is 4.17. The molecule has 9 heteroatoms. The lowest BCUT2D eigenvalue weighted by atomic mass is 10.3. The van der Waals surface area contributed by atoms with Gasteiger partial charge in [0.25, 0.3) is 5.69 Å². The summed E-state index contributed by atoms with van der Waals surface area (Å²) in [5.74, 6) is 0.710. The number of nitro benzene ring substituents is 1. The van der Waals surface area contributed by atoms with E-state index in [9.17, 15) is 10.1 Å². The fourth-order valence-electron chi connectivity index (χ4n) is 1.53. The molecule has 1 heterocycles. The van der Waals surface area contributed by atoms with Gasteiger partial charge in [-0.25, -0.2) is 0 Å². The first-order valence-corrected chi connectivity index (χ1v) is 6.37. The Balaban J connectivity index is 2.19. The molecule has 0 aliphatic heterocycles. The van der Waals surface area contributed by atoms with Crippen LogP contribution in [0.2, 0.25) is 0 Å². The Kier molecular flexibility index (Phi) is 4.31. The molecule has 0 aliphatic carbocycles. The molecule has 106 valence electrons. The molecule has 20 heavy (non-hydrogen) atoms. The zero-order chi connectivity index (χ0) is 14.5. The van der Waals surface area contributed by atoms with Crippen molar-refractivity contribution in [2.45, 2.75) is 6.61 Å². The van der Waals surface area contributed by atoms with Crippen LogP contribution in [0.3, 0.4) is 0 Å². The van der Waals surface area contributed by atoms with Crippen LogP contribution in [0.15, 0.2) is 18.2 Å². The second kappa shape index (κ2) is 6.15. The van der Waals surface area contributed by atoms with Crippen molar-refractivity contribution in [3.05, 3.63) is 34.0 Å². The van der Waals surface area contributed by atoms with Gasteiger partial charge in [0, 0.05) is 24.6 Å². The van der Waals surface area contributed by atoms with Crippen LogP contribution in [-0.2, 0) is 6.61 Å². The molecule has 0 saturated carbocycles. The first kappa shape index (κ1) is 14.0. The lowest BCUT2D eigenvalue weighted by molar-refractivity contribution is -0.385. The number of hydrogen-bond donors (Lipinski definition) is 1. The minimum atomic E-state index is -0.490. The highest BCUT2D eigenvalue weighted by molar-refractivity contribution is 7.10. The summed E-state index contributed by atoms with van der Waals surface area (Å²) >= 11 is 1.21. The van der Waals surface area contributed by atoms with Gasteiger partial charge in [-0.05, 0) is 6.07 Å². The van der Waals surface area contributed by atoms with E-state index in [1.54, 1.807) is 7.05 Å². The molecule has 1 aromatic heterocycles. The first-order chi connectivity index (χ1) is 9.65. The number of nitrogens with zero attached hydrogens (tertiary/aromatic N) is 3. The van der Waals surface area contributed by atoms with Crippen molar-refractivity contribution in [2.75, 3.05) is 19.5 Å². The van der Waals surface area contributed by atoms with Crippen LogP contribution in [0, 0.1) is 10.1 Å². The highest BCUT2D eigenvalue weighted by atomic mass is 32.1. The summed E-state index contributed by atoms with van der Waals surface area (Å²) in [6.45, 7) is 0.143. The van der Waals surface area contributed by atoms with E-state index in [0.29, 0.717) is 11.4 Å². The number of benzene rings is 1. The minimum Gasteiger partial charge on any atom is -0.493 e. The second-order valence-corrected chi connectivity index (χ2v) is 4.43. The van der Waals surface area contributed by atoms with Crippen LogP contribution in [0.4, 0.5) is 10.7 Å². The average Bonchev–Trinajstić information content (AvgIpc) is 2.92. The third kappa shape index (κ3) is 2.94. The molecule has 0 saturated heterocycles. The summed E-state index contributed by atoms with van der Waals surface area (Å²) in [6.07, 6.45) is 0. The molecule has 2 rings (SSSR count). The average molecular weight is 296 g/mol. The fourth-order valence-corrected chi connectivity index (χ4v) is 2.05. The van der Waals surface area contributed by atoms with Crippen molar-refractivity contribution in [3.8, 4) is 11.5 Å². The van der Waals surface area contributed by atoms with E-state index in [2.05, 4.69) is 14.9 Å². The Morgan fingerprint density at radius 3 is 2.90 bits per heavy atom. The first-order valence-electron chi connectivity index (χ1n) is 5.60. The smallest absolute Gasteiger partial charge is 0.273 e. The summed E-state index contributed by atoms with van der Waals surface area (Å²) in [7, 11) is 3.23. The Morgan fingerprint density at radius 2 is 2.25 bits per heavy atom. The van der Waals surface area contributed by atoms with Crippen LogP contribution >= 0.6 is 11.5 Å².